The minimum absolute atomic E-state index is 0.374. The van der Waals surface area contributed by atoms with Gasteiger partial charge in [-0.05, 0) is 12.8 Å². The Morgan fingerprint density at radius 3 is 3.04 bits per heavy atom. The molecule has 0 bridgehead atoms. The molecule has 0 aliphatic carbocycles. The van der Waals surface area contributed by atoms with Gasteiger partial charge in [-0.15, -0.1) is 11.3 Å². The quantitative estimate of drug-likeness (QED) is 0.678. The van der Waals surface area contributed by atoms with Crippen LogP contribution in [0.2, 0.25) is 0 Å². The summed E-state index contributed by atoms with van der Waals surface area (Å²) in [5, 5.41) is 6.91. The highest BCUT2D eigenvalue weighted by Crippen LogP contribution is 2.38. The summed E-state index contributed by atoms with van der Waals surface area (Å²) in [6, 6.07) is 0. The molecule has 2 aliphatic rings. The molecule has 2 fully saturated rings. The minimum atomic E-state index is 0.374. The fraction of sp³-hybridized carbons (Fsp3) is 0.765. The molecule has 1 atom stereocenters. The van der Waals surface area contributed by atoms with Gasteiger partial charge in [-0.1, -0.05) is 13.8 Å². The molecule has 128 valence electrons. The van der Waals surface area contributed by atoms with Crippen molar-refractivity contribution in [2.45, 2.75) is 39.0 Å². The monoisotopic (exact) mass is 336 g/mol. The highest BCUT2D eigenvalue weighted by Gasteiger charge is 2.42. The molecular weight excluding hydrogens is 308 g/mol. The Morgan fingerprint density at radius 2 is 2.39 bits per heavy atom. The van der Waals surface area contributed by atoms with E-state index in [1.807, 2.05) is 7.05 Å². The summed E-state index contributed by atoms with van der Waals surface area (Å²) in [6.45, 7) is 9.25. The lowest BCUT2D eigenvalue weighted by Crippen LogP contribution is -2.42. The van der Waals surface area contributed by atoms with Crippen molar-refractivity contribution in [2.75, 3.05) is 39.9 Å². The molecule has 0 saturated carbocycles. The maximum Gasteiger partial charge on any atom is 0.193 e. The summed E-state index contributed by atoms with van der Waals surface area (Å²) in [7, 11) is 1.87. The summed E-state index contributed by atoms with van der Waals surface area (Å²) in [5.74, 6) is 1.54. The van der Waals surface area contributed by atoms with Crippen LogP contribution in [0.5, 0.6) is 0 Å². The minimum Gasteiger partial charge on any atom is -0.381 e. The van der Waals surface area contributed by atoms with Crippen LogP contribution < -0.4 is 5.32 Å². The standard InChI is InChI=1S/C17H28N4OS/c1-13(2)15-20-14(10-23-15)4-7-19-16(18-3)21-8-5-17(11-21)6-9-22-12-17/h10,13H,4-9,11-12H2,1-3H3,(H,18,19). The van der Waals surface area contributed by atoms with E-state index in [4.69, 9.17) is 9.72 Å². The van der Waals surface area contributed by atoms with Crippen LogP contribution in [-0.4, -0.2) is 55.7 Å². The number of guanidine groups is 1. The van der Waals surface area contributed by atoms with Crippen LogP contribution in [0.1, 0.15) is 43.3 Å². The maximum absolute atomic E-state index is 5.61. The van der Waals surface area contributed by atoms with Gasteiger partial charge in [-0.2, -0.15) is 0 Å². The first kappa shape index (κ1) is 16.7. The first-order valence-corrected chi connectivity index (χ1v) is 9.47. The molecular formula is C17H28N4OS. The van der Waals surface area contributed by atoms with Crippen molar-refractivity contribution in [3.05, 3.63) is 16.1 Å². The molecule has 2 saturated heterocycles. The Morgan fingerprint density at radius 1 is 1.52 bits per heavy atom. The average Bonchev–Trinajstić information content (AvgIpc) is 3.26. The average molecular weight is 337 g/mol. The molecule has 1 N–H and O–H groups in total. The molecule has 1 aromatic rings. The lowest BCUT2D eigenvalue weighted by molar-refractivity contribution is 0.156. The van der Waals surface area contributed by atoms with Crippen LogP contribution in [0.15, 0.2) is 10.4 Å². The normalized spacial score (nSPS) is 25.0. The summed E-state index contributed by atoms with van der Waals surface area (Å²) >= 11 is 1.77. The zero-order chi connectivity index (χ0) is 16.3. The molecule has 1 spiro atoms. The zero-order valence-corrected chi connectivity index (χ0v) is 15.3. The van der Waals surface area contributed by atoms with E-state index in [1.165, 1.54) is 23.5 Å². The Bertz CT molecular complexity index is 549. The van der Waals surface area contributed by atoms with Gasteiger partial charge < -0.3 is 15.0 Å². The molecule has 1 unspecified atom stereocenters. The van der Waals surface area contributed by atoms with E-state index >= 15 is 0 Å². The van der Waals surface area contributed by atoms with Crippen molar-refractivity contribution in [3.63, 3.8) is 0 Å². The van der Waals surface area contributed by atoms with Gasteiger partial charge in [0.2, 0.25) is 0 Å². The number of hydrogen-bond donors (Lipinski definition) is 1. The summed E-state index contributed by atoms with van der Waals surface area (Å²) in [5.41, 5.74) is 1.56. The highest BCUT2D eigenvalue weighted by atomic mass is 32.1. The van der Waals surface area contributed by atoms with E-state index in [2.05, 4.69) is 34.4 Å². The predicted molar refractivity (Wildman–Crippen MR) is 95.3 cm³/mol. The molecule has 23 heavy (non-hydrogen) atoms. The number of aromatic nitrogens is 1. The fourth-order valence-corrected chi connectivity index (χ4v) is 4.29. The number of aliphatic imine (C=N–C) groups is 1. The summed E-state index contributed by atoms with van der Waals surface area (Å²) in [6.07, 6.45) is 3.36. The van der Waals surface area contributed by atoms with Crippen molar-refractivity contribution in [2.24, 2.45) is 10.4 Å². The van der Waals surface area contributed by atoms with E-state index in [0.29, 0.717) is 11.3 Å². The van der Waals surface area contributed by atoms with Gasteiger partial charge in [0.15, 0.2) is 5.96 Å². The van der Waals surface area contributed by atoms with Crippen LogP contribution >= 0.6 is 11.3 Å². The molecule has 6 heteroatoms. The third kappa shape index (κ3) is 3.86. The van der Waals surface area contributed by atoms with Crippen molar-refractivity contribution in [1.29, 1.82) is 0 Å². The van der Waals surface area contributed by atoms with Crippen molar-refractivity contribution in [3.8, 4) is 0 Å². The Hall–Kier alpha value is -1.14. The van der Waals surface area contributed by atoms with E-state index < -0.39 is 0 Å². The van der Waals surface area contributed by atoms with Gasteiger partial charge in [0, 0.05) is 56.4 Å². The number of nitrogens with zero attached hydrogens (tertiary/aromatic N) is 3. The van der Waals surface area contributed by atoms with Crippen molar-refractivity contribution in [1.82, 2.24) is 15.2 Å². The van der Waals surface area contributed by atoms with E-state index in [1.54, 1.807) is 11.3 Å². The zero-order valence-electron chi connectivity index (χ0n) is 14.5. The van der Waals surface area contributed by atoms with Crippen LogP contribution in [0, 0.1) is 5.41 Å². The molecule has 0 aromatic carbocycles. The number of hydrogen-bond acceptors (Lipinski definition) is 4. The Labute approximate surface area is 143 Å². The summed E-state index contributed by atoms with van der Waals surface area (Å²) in [4.78, 5) is 11.5. The van der Waals surface area contributed by atoms with E-state index in [9.17, 15) is 0 Å². The summed E-state index contributed by atoms with van der Waals surface area (Å²) < 4.78 is 5.61. The largest absolute Gasteiger partial charge is 0.381 e. The van der Waals surface area contributed by atoms with E-state index in [-0.39, 0.29) is 0 Å². The predicted octanol–water partition coefficient (Wildman–Crippen LogP) is 2.50. The molecule has 2 aliphatic heterocycles. The second-order valence-electron chi connectivity index (χ2n) is 7.03. The lowest BCUT2D eigenvalue weighted by Gasteiger charge is -2.24. The lowest BCUT2D eigenvalue weighted by atomic mass is 9.87. The smallest absolute Gasteiger partial charge is 0.193 e. The number of likely N-dealkylation sites (tertiary alicyclic amines) is 1. The fourth-order valence-electron chi connectivity index (χ4n) is 3.42. The third-order valence-electron chi connectivity index (χ3n) is 4.86. The van der Waals surface area contributed by atoms with Gasteiger partial charge in [-0.3, -0.25) is 4.99 Å². The second-order valence-corrected chi connectivity index (χ2v) is 7.92. The first-order chi connectivity index (χ1) is 11.1. The van der Waals surface area contributed by atoms with E-state index in [0.717, 1.165) is 45.2 Å². The van der Waals surface area contributed by atoms with Crippen LogP contribution in [-0.2, 0) is 11.2 Å². The number of nitrogens with one attached hydrogen (secondary N) is 1. The molecule has 3 heterocycles. The van der Waals surface area contributed by atoms with Gasteiger partial charge in [0.1, 0.15) is 0 Å². The Balaban J connectivity index is 1.48. The van der Waals surface area contributed by atoms with Gasteiger partial charge in [0.25, 0.3) is 0 Å². The molecule has 0 amide bonds. The second kappa shape index (κ2) is 7.18. The molecule has 1 aromatic heterocycles. The van der Waals surface area contributed by atoms with Crippen LogP contribution in [0.4, 0.5) is 0 Å². The first-order valence-electron chi connectivity index (χ1n) is 8.59. The topological polar surface area (TPSA) is 49.8 Å². The highest BCUT2D eigenvalue weighted by molar-refractivity contribution is 7.09. The van der Waals surface area contributed by atoms with Gasteiger partial charge in [-0.25, -0.2) is 4.98 Å². The van der Waals surface area contributed by atoms with Gasteiger partial charge in [0.05, 0.1) is 17.3 Å². The number of thiazole rings is 1. The Kier molecular flexibility index (Phi) is 5.21. The molecule has 3 rings (SSSR count). The number of ether oxygens (including phenoxy) is 1. The van der Waals surface area contributed by atoms with Crippen molar-refractivity contribution >= 4 is 17.3 Å². The number of rotatable bonds is 4. The molecule has 0 radical (unpaired) electrons. The molecule has 5 nitrogen and oxygen atoms in total. The van der Waals surface area contributed by atoms with Crippen LogP contribution in [0.3, 0.4) is 0 Å². The SMILES string of the molecule is CN=C(NCCc1csc(C(C)C)n1)N1CCC2(CCOC2)C1. The van der Waals surface area contributed by atoms with Crippen molar-refractivity contribution < 1.29 is 4.74 Å². The maximum atomic E-state index is 5.61. The van der Waals surface area contributed by atoms with Gasteiger partial charge >= 0.3 is 0 Å². The third-order valence-corrected chi connectivity index (χ3v) is 6.06. The van der Waals surface area contributed by atoms with Crippen LogP contribution in [0.25, 0.3) is 0 Å².